The zero-order chi connectivity index (χ0) is 25.1. The van der Waals surface area contributed by atoms with Crippen molar-refractivity contribution in [3.05, 3.63) is 24.3 Å². The third-order valence-electron chi connectivity index (χ3n) is 9.11. The summed E-state index contributed by atoms with van der Waals surface area (Å²) in [5.74, 6) is 1.15. The lowest BCUT2D eigenvalue weighted by atomic mass is 9.49. The number of rotatable bonds is 6. The van der Waals surface area contributed by atoms with Crippen molar-refractivity contribution in [2.45, 2.75) is 90.6 Å². The number of carbonyl (C=O) groups is 4. The average molecular weight is 480 g/mol. The summed E-state index contributed by atoms with van der Waals surface area (Å²) in [6.07, 6.45) is 7.22. The highest BCUT2D eigenvalue weighted by atomic mass is 16.2. The molecule has 1 aromatic carbocycles. The second kappa shape index (κ2) is 8.45. The van der Waals surface area contributed by atoms with Crippen molar-refractivity contribution in [2.24, 2.45) is 23.2 Å². The van der Waals surface area contributed by atoms with E-state index in [9.17, 15) is 19.2 Å². The number of hydrogen-bond donors (Lipinski definition) is 1. The van der Waals surface area contributed by atoms with Crippen LogP contribution in [0.25, 0.3) is 0 Å². The predicted molar refractivity (Wildman–Crippen MR) is 133 cm³/mol. The predicted octanol–water partition coefficient (Wildman–Crippen LogP) is 4.51. The first kappa shape index (κ1) is 24.0. The van der Waals surface area contributed by atoms with Crippen LogP contribution in [0.3, 0.4) is 0 Å². The molecule has 0 aromatic heterocycles. The van der Waals surface area contributed by atoms with E-state index in [2.05, 4.69) is 5.32 Å². The summed E-state index contributed by atoms with van der Waals surface area (Å²) in [7, 11) is 0. The van der Waals surface area contributed by atoms with Crippen LogP contribution >= 0.6 is 0 Å². The van der Waals surface area contributed by atoms with Gasteiger partial charge in [0, 0.05) is 18.2 Å². The normalized spacial score (nSPS) is 31.7. The SMILES string of the molecule is CCC(C)(C)N(C(=O)C12CC3CC(CC(C3)C1)C2)C1CC(=O)N(c2ccc(NC(C)=O)cc2)C1=O. The smallest absolute Gasteiger partial charge is 0.257 e. The van der Waals surface area contributed by atoms with Gasteiger partial charge in [-0.1, -0.05) is 6.92 Å². The van der Waals surface area contributed by atoms with Crippen LogP contribution in [0.2, 0.25) is 0 Å². The first-order valence-electron chi connectivity index (χ1n) is 13.1. The Labute approximate surface area is 207 Å². The Hall–Kier alpha value is -2.70. The summed E-state index contributed by atoms with van der Waals surface area (Å²) in [5, 5.41) is 2.70. The van der Waals surface area contributed by atoms with Gasteiger partial charge in [0.1, 0.15) is 6.04 Å². The second-order valence-electron chi connectivity index (χ2n) is 12.1. The van der Waals surface area contributed by atoms with Gasteiger partial charge >= 0.3 is 0 Å². The molecule has 4 bridgehead atoms. The van der Waals surface area contributed by atoms with E-state index in [0.717, 1.165) is 19.3 Å². The first-order chi connectivity index (χ1) is 16.5. The highest BCUT2D eigenvalue weighted by Crippen LogP contribution is 2.61. The van der Waals surface area contributed by atoms with Crippen molar-refractivity contribution >= 4 is 35.0 Å². The van der Waals surface area contributed by atoms with Crippen LogP contribution in [0, 0.1) is 23.2 Å². The van der Waals surface area contributed by atoms with E-state index in [1.165, 1.54) is 31.1 Å². The fourth-order valence-electron chi connectivity index (χ4n) is 7.62. The van der Waals surface area contributed by atoms with Gasteiger partial charge in [-0.3, -0.25) is 19.2 Å². The molecule has 4 amide bonds. The van der Waals surface area contributed by atoms with Crippen LogP contribution in [0.5, 0.6) is 0 Å². The fraction of sp³-hybridized carbons (Fsp3) is 0.643. The third kappa shape index (κ3) is 4.07. The maximum atomic E-state index is 14.4. The van der Waals surface area contributed by atoms with Crippen molar-refractivity contribution in [3.63, 3.8) is 0 Å². The molecular formula is C28H37N3O4. The molecule has 4 saturated carbocycles. The van der Waals surface area contributed by atoms with Crippen molar-refractivity contribution < 1.29 is 19.2 Å². The first-order valence-corrected chi connectivity index (χ1v) is 13.1. The highest BCUT2D eigenvalue weighted by Gasteiger charge is 2.59. The van der Waals surface area contributed by atoms with E-state index in [4.69, 9.17) is 0 Å². The minimum absolute atomic E-state index is 0.00775. The third-order valence-corrected chi connectivity index (χ3v) is 9.11. The fourth-order valence-corrected chi connectivity index (χ4v) is 7.62. The van der Waals surface area contributed by atoms with Crippen LogP contribution in [-0.2, 0) is 19.2 Å². The lowest BCUT2D eigenvalue weighted by Crippen LogP contribution is -2.62. The van der Waals surface area contributed by atoms with Gasteiger partial charge in [0.25, 0.3) is 5.91 Å². The molecule has 35 heavy (non-hydrogen) atoms. The summed E-state index contributed by atoms with van der Waals surface area (Å²) in [6.45, 7) is 7.51. The molecule has 1 aliphatic heterocycles. The number of carbonyl (C=O) groups excluding carboxylic acids is 4. The van der Waals surface area contributed by atoms with Crippen LogP contribution in [0.4, 0.5) is 11.4 Å². The Morgan fingerprint density at radius 2 is 1.57 bits per heavy atom. The number of amides is 4. The van der Waals surface area contributed by atoms with Gasteiger partial charge in [0.2, 0.25) is 17.7 Å². The van der Waals surface area contributed by atoms with E-state index in [-0.39, 0.29) is 35.5 Å². The van der Waals surface area contributed by atoms with Crippen LogP contribution < -0.4 is 10.2 Å². The van der Waals surface area contributed by atoms with E-state index in [0.29, 0.717) is 35.5 Å². The topological polar surface area (TPSA) is 86.8 Å². The maximum absolute atomic E-state index is 14.4. The van der Waals surface area contributed by atoms with Crippen LogP contribution in [0.15, 0.2) is 24.3 Å². The van der Waals surface area contributed by atoms with Crippen molar-refractivity contribution in [3.8, 4) is 0 Å². The Morgan fingerprint density at radius 1 is 1.03 bits per heavy atom. The monoisotopic (exact) mass is 479 g/mol. The van der Waals surface area contributed by atoms with Crippen molar-refractivity contribution in [1.82, 2.24) is 4.90 Å². The van der Waals surface area contributed by atoms with Gasteiger partial charge in [-0.2, -0.15) is 0 Å². The van der Waals surface area contributed by atoms with E-state index < -0.39 is 11.6 Å². The zero-order valence-corrected chi connectivity index (χ0v) is 21.3. The highest BCUT2D eigenvalue weighted by molar-refractivity contribution is 6.23. The number of imide groups is 1. The molecule has 1 unspecified atom stereocenters. The largest absolute Gasteiger partial charge is 0.326 e. The van der Waals surface area contributed by atoms with Gasteiger partial charge in [-0.15, -0.1) is 0 Å². The number of nitrogens with zero attached hydrogens (tertiary/aromatic N) is 2. The quantitative estimate of drug-likeness (QED) is 0.608. The number of hydrogen-bond acceptors (Lipinski definition) is 4. The lowest BCUT2D eigenvalue weighted by Gasteiger charge is -2.58. The molecule has 7 heteroatoms. The summed E-state index contributed by atoms with van der Waals surface area (Å²) in [6, 6.07) is 5.91. The molecule has 7 nitrogen and oxygen atoms in total. The summed E-state index contributed by atoms with van der Waals surface area (Å²) >= 11 is 0. The number of anilines is 2. The molecule has 5 aliphatic rings. The van der Waals surface area contributed by atoms with Crippen LogP contribution in [0.1, 0.15) is 79.1 Å². The van der Waals surface area contributed by atoms with Gasteiger partial charge in [-0.05, 0) is 101 Å². The van der Waals surface area contributed by atoms with Crippen molar-refractivity contribution in [1.29, 1.82) is 0 Å². The minimum atomic E-state index is -0.784. The van der Waals surface area contributed by atoms with E-state index in [1.807, 2.05) is 25.7 Å². The average Bonchev–Trinajstić information content (AvgIpc) is 3.06. The molecule has 4 aliphatic carbocycles. The molecule has 0 radical (unpaired) electrons. The lowest BCUT2D eigenvalue weighted by molar-refractivity contribution is -0.168. The molecule has 1 heterocycles. The molecule has 1 aromatic rings. The van der Waals surface area contributed by atoms with Gasteiger partial charge < -0.3 is 10.2 Å². The standard InChI is InChI=1S/C28H37N3O4/c1-5-27(3,4)31(26(35)28-14-18-10-19(15-28)12-20(11-18)16-28)23-13-24(33)30(25(23)34)22-8-6-21(7-9-22)29-17(2)32/h6-9,18-20,23H,5,10-16H2,1-4H3,(H,29,32). The van der Waals surface area contributed by atoms with Crippen LogP contribution in [-0.4, -0.2) is 40.1 Å². The number of benzene rings is 1. The van der Waals surface area contributed by atoms with Gasteiger partial charge in [0.15, 0.2) is 0 Å². The zero-order valence-electron chi connectivity index (χ0n) is 21.3. The minimum Gasteiger partial charge on any atom is -0.326 e. The Bertz CT molecular complexity index is 1030. The second-order valence-corrected chi connectivity index (χ2v) is 12.1. The molecule has 1 saturated heterocycles. The Morgan fingerprint density at radius 3 is 2.06 bits per heavy atom. The van der Waals surface area contributed by atoms with Gasteiger partial charge in [0.05, 0.1) is 17.5 Å². The molecule has 188 valence electrons. The van der Waals surface area contributed by atoms with Crippen molar-refractivity contribution in [2.75, 3.05) is 10.2 Å². The summed E-state index contributed by atoms with van der Waals surface area (Å²) < 4.78 is 0. The molecule has 1 atom stereocenters. The molecular weight excluding hydrogens is 442 g/mol. The summed E-state index contributed by atoms with van der Waals surface area (Å²) in [5.41, 5.74) is 0.153. The maximum Gasteiger partial charge on any atom is 0.257 e. The van der Waals surface area contributed by atoms with E-state index in [1.54, 1.807) is 24.3 Å². The summed E-state index contributed by atoms with van der Waals surface area (Å²) in [4.78, 5) is 55.7. The molecule has 6 rings (SSSR count). The Balaban J connectivity index is 1.44. The van der Waals surface area contributed by atoms with Gasteiger partial charge in [-0.25, -0.2) is 4.90 Å². The number of nitrogens with one attached hydrogen (secondary N) is 1. The van der Waals surface area contributed by atoms with E-state index >= 15 is 0 Å². The molecule has 1 N–H and O–H groups in total. The molecule has 0 spiro atoms. The Kier molecular flexibility index (Phi) is 5.80. The molecule has 5 fully saturated rings.